The van der Waals surface area contributed by atoms with Gasteiger partial charge < -0.3 is 14.3 Å². The van der Waals surface area contributed by atoms with Gasteiger partial charge in [-0.1, -0.05) is 18.2 Å². The van der Waals surface area contributed by atoms with Crippen LogP contribution in [0.15, 0.2) is 46.6 Å². The molecule has 1 atom stereocenters. The Hall–Kier alpha value is -2.93. The second-order valence-corrected chi connectivity index (χ2v) is 9.10. The van der Waals surface area contributed by atoms with Crippen molar-refractivity contribution in [1.82, 2.24) is 19.9 Å². The summed E-state index contributed by atoms with van der Waals surface area (Å²) in [6.45, 7) is 0.656. The summed E-state index contributed by atoms with van der Waals surface area (Å²) in [6.07, 6.45) is 7.85. The average molecular weight is 419 g/mol. The largest absolute Gasteiger partial charge is 0.458 e. The summed E-state index contributed by atoms with van der Waals surface area (Å²) in [7, 11) is 0. The van der Waals surface area contributed by atoms with Gasteiger partial charge in [0.1, 0.15) is 17.4 Å². The molecule has 1 N–H and O–H groups in total. The molecule has 2 aliphatic rings. The molecule has 0 unspecified atom stereocenters. The monoisotopic (exact) mass is 418 g/mol. The van der Waals surface area contributed by atoms with E-state index in [0.29, 0.717) is 25.3 Å². The van der Waals surface area contributed by atoms with Crippen molar-refractivity contribution in [3.63, 3.8) is 0 Å². The van der Waals surface area contributed by atoms with Crippen LogP contribution in [0.4, 0.5) is 0 Å². The maximum Gasteiger partial charge on any atom is 0.223 e. The van der Waals surface area contributed by atoms with Gasteiger partial charge in [-0.2, -0.15) is 0 Å². The zero-order chi connectivity index (χ0) is 20.1. The van der Waals surface area contributed by atoms with E-state index in [0.717, 1.165) is 39.5 Å². The van der Waals surface area contributed by atoms with Crippen LogP contribution >= 0.6 is 11.3 Å². The van der Waals surface area contributed by atoms with E-state index in [-0.39, 0.29) is 11.9 Å². The van der Waals surface area contributed by atoms with E-state index in [4.69, 9.17) is 4.42 Å². The zero-order valence-electron chi connectivity index (χ0n) is 16.5. The van der Waals surface area contributed by atoms with E-state index in [1.54, 1.807) is 23.9 Å². The summed E-state index contributed by atoms with van der Waals surface area (Å²) >= 11 is 1.59. The van der Waals surface area contributed by atoms with Crippen LogP contribution in [0.3, 0.4) is 0 Å². The summed E-state index contributed by atoms with van der Waals surface area (Å²) in [5, 5.41) is 4.05. The molecule has 0 radical (unpaired) electrons. The van der Waals surface area contributed by atoms with E-state index >= 15 is 0 Å². The number of rotatable bonds is 5. The number of hydrogen-bond donors (Lipinski definition) is 1. The Balaban J connectivity index is 1.37. The molecule has 1 aromatic carbocycles. The van der Waals surface area contributed by atoms with E-state index in [2.05, 4.69) is 39.2 Å². The molecule has 0 spiro atoms. The van der Waals surface area contributed by atoms with Crippen LogP contribution in [-0.2, 0) is 17.6 Å². The standard InChI is InChI=1S/C23H22N4O2S/c28-20(7-6-19-24-9-11-30-19)27-10-8-17-21(26-13-25-17)22(27)18-12-15-2-1-3-16(14-4-5-14)23(15)29-18/h1-3,9,11-14,22H,4-8,10H2,(H,25,26)/t22-/m0/s1. The molecular formula is C23H22N4O2S. The van der Waals surface area contributed by atoms with Crippen molar-refractivity contribution < 1.29 is 9.21 Å². The maximum absolute atomic E-state index is 13.2. The van der Waals surface area contributed by atoms with E-state index in [9.17, 15) is 4.79 Å². The first kappa shape index (κ1) is 17.9. The van der Waals surface area contributed by atoms with Crippen LogP contribution in [0.25, 0.3) is 11.0 Å². The van der Waals surface area contributed by atoms with Crippen LogP contribution in [-0.4, -0.2) is 32.3 Å². The molecule has 6 nitrogen and oxygen atoms in total. The normalized spacial score (nSPS) is 18.7. The van der Waals surface area contributed by atoms with Crippen molar-refractivity contribution >= 4 is 28.2 Å². The number of aromatic amines is 1. The first-order valence-corrected chi connectivity index (χ1v) is 11.4. The predicted molar refractivity (Wildman–Crippen MR) is 114 cm³/mol. The van der Waals surface area contributed by atoms with Crippen molar-refractivity contribution in [1.29, 1.82) is 0 Å². The van der Waals surface area contributed by atoms with Crippen LogP contribution in [0.1, 0.15) is 58.9 Å². The summed E-state index contributed by atoms with van der Waals surface area (Å²) in [5.41, 5.74) is 4.24. The van der Waals surface area contributed by atoms with Crippen molar-refractivity contribution in [3.05, 3.63) is 69.9 Å². The highest BCUT2D eigenvalue weighted by Gasteiger charge is 2.36. The van der Waals surface area contributed by atoms with Crippen LogP contribution in [0, 0.1) is 0 Å². The number of para-hydroxylation sites is 1. The number of hydrogen-bond acceptors (Lipinski definition) is 5. The molecule has 0 bridgehead atoms. The zero-order valence-corrected chi connectivity index (χ0v) is 17.3. The lowest BCUT2D eigenvalue weighted by atomic mass is 9.99. The predicted octanol–water partition coefficient (Wildman–Crippen LogP) is 4.60. The Labute approximate surface area is 178 Å². The first-order valence-electron chi connectivity index (χ1n) is 10.5. The van der Waals surface area contributed by atoms with Gasteiger partial charge in [0.15, 0.2) is 0 Å². The number of carbonyl (C=O) groups excluding carboxylic acids is 1. The van der Waals surface area contributed by atoms with Gasteiger partial charge in [-0.25, -0.2) is 9.97 Å². The first-order chi connectivity index (χ1) is 14.8. The molecule has 1 amide bonds. The number of imidazole rings is 1. The topological polar surface area (TPSA) is 75.0 Å². The molecule has 6 rings (SSSR count). The minimum Gasteiger partial charge on any atom is -0.458 e. The third-order valence-corrected chi connectivity index (χ3v) is 7.00. The number of carbonyl (C=O) groups is 1. The van der Waals surface area contributed by atoms with Gasteiger partial charge in [0.05, 0.1) is 17.0 Å². The maximum atomic E-state index is 13.2. The second-order valence-electron chi connectivity index (χ2n) is 8.12. The molecule has 1 saturated carbocycles. The highest BCUT2D eigenvalue weighted by atomic mass is 32.1. The fourth-order valence-corrected chi connectivity index (χ4v) is 5.14. The Kier molecular flexibility index (Phi) is 4.23. The lowest BCUT2D eigenvalue weighted by Crippen LogP contribution is -2.40. The Morgan fingerprint density at radius 3 is 3.07 bits per heavy atom. The van der Waals surface area contributed by atoms with Crippen LogP contribution in [0.5, 0.6) is 0 Å². The summed E-state index contributed by atoms with van der Waals surface area (Å²) in [5.74, 6) is 1.52. The number of nitrogens with one attached hydrogen (secondary N) is 1. The highest BCUT2D eigenvalue weighted by molar-refractivity contribution is 7.09. The number of H-pyrrole nitrogens is 1. The molecule has 1 aliphatic carbocycles. The molecule has 7 heteroatoms. The average Bonchev–Trinajstić information content (AvgIpc) is 3.16. The van der Waals surface area contributed by atoms with Gasteiger partial charge in [-0.15, -0.1) is 11.3 Å². The van der Waals surface area contributed by atoms with Gasteiger partial charge in [0, 0.05) is 48.5 Å². The van der Waals surface area contributed by atoms with Gasteiger partial charge in [0.25, 0.3) is 0 Å². The Morgan fingerprint density at radius 2 is 2.23 bits per heavy atom. The highest BCUT2D eigenvalue weighted by Crippen LogP contribution is 2.45. The van der Waals surface area contributed by atoms with Gasteiger partial charge in [0.2, 0.25) is 5.91 Å². The van der Waals surface area contributed by atoms with Gasteiger partial charge >= 0.3 is 0 Å². The number of benzene rings is 1. The number of aryl methyl sites for hydroxylation is 1. The van der Waals surface area contributed by atoms with Gasteiger partial charge in [-0.05, 0) is 30.4 Å². The van der Waals surface area contributed by atoms with Crippen molar-refractivity contribution in [2.45, 2.75) is 44.1 Å². The van der Waals surface area contributed by atoms with Crippen LogP contribution in [0.2, 0.25) is 0 Å². The lowest BCUT2D eigenvalue weighted by molar-refractivity contribution is -0.133. The summed E-state index contributed by atoms with van der Waals surface area (Å²) in [6, 6.07) is 8.18. The molecule has 1 fully saturated rings. The molecule has 0 saturated heterocycles. The van der Waals surface area contributed by atoms with Crippen molar-refractivity contribution in [2.75, 3.05) is 6.54 Å². The third kappa shape index (κ3) is 3.04. The second kappa shape index (κ2) is 7.09. The SMILES string of the molecule is O=C(CCc1nccs1)N1CCc2[nH]cnc2[C@@H]1c1cc2cccc(C3CC3)c2o1. The molecule has 3 aromatic heterocycles. The minimum absolute atomic E-state index is 0.117. The minimum atomic E-state index is -0.289. The fraction of sp³-hybridized carbons (Fsp3) is 0.348. The molecule has 1 aliphatic heterocycles. The Bertz CT molecular complexity index is 1210. The third-order valence-electron chi connectivity index (χ3n) is 6.16. The number of furan rings is 1. The molecule has 4 heterocycles. The molecule has 4 aromatic rings. The molecule has 152 valence electrons. The summed E-state index contributed by atoms with van der Waals surface area (Å²) < 4.78 is 6.44. The number of aromatic nitrogens is 3. The van der Waals surface area contributed by atoms with Crippen LogP contribution < -0.4 is 0 Å². The summed E-state index contributed by atoms with van der Waals surface area (Å²) in [4.78, 5) is 27.3. The number of fused-ring (bicyclic) bond motifs is 2. The Morgan fingerprint density at radius 1 is 1.30 bits per heavy atom. The number of nitrogens with zero attached hydrogens (tertiary/aromatic N) is 3. The van der Waals surface area contributed by atoms with E-state index in [1.807, 2.05) is 10.3 Å². The van der Waals surface area contributed by atoms with Crippen molar-refractivity contribution in [3.8, 4) is 0 Å². The number of thiazole rings is 1. The van der Waals surface area contributed by atoms with Gasteiger partial charge in [-0.3, -0.25) is 4.79 Å². The van der Waals surface area contributed by atoms with E-state index in [1.165, 1.54) is 18.4 Å². The fourth-order valence-electron chi connectivity index (χ4n) is 4.52. The molecule has 30 heavy (non-hydrogen) atoms. The lowest BCUT2D eigenvalue weighted by Gasteiger charge is -2.33. The molecular weight excluding hydrogens is 396 g/mol. The van der Waals surface area contributed by atoms with Crippen molar-refractivity contribution in [2.24, 2.45) is 0 Å². The quantitative estimate of drug-likeness (QED) is 0.514. The smallest absolute Gasteiger partial charge is 0.223 e. The van der Waals surface area contributed by atoms with E-state index < -0.39 is 0 Å². The number of amides is 1.